The molecule has 2 aliphatic rings. The lowest BCUT2D eigenvalue weighted by molar-refractivity contribution is -0.137. The van der Waals surface area contributed by atoms with Crippen molar-refractivity contribution >= 4 is 39.0 Å². The number of benzene rings is 3. The maximum Gasteiger partial charge on any atom is 0.416 e. The number of sulfonamides is 1. The highest BCUT2D eigenvalue weighted by atomic mass is 32.2. The van der Waals surface area contributed by atoms with Crippen molar-refractivity contribution in [1.29, 1.82) is 0 Å². The van der Waals surface area contributed by atoms with Gasteiger partial charge in [0, 0.05) is 19.1 Å². The number of rotatable bonds is 7. The molecule has 1 N–H and O–H groups in total. The maximum absolute atomic E-state index is 13.5. The number of carbonyl (C=O) groups excluding carboxylic acids is 2. The first-order chi connectivity index (χ1) is 19.9. The van der Waals surface area contributed by atoms with Gasteiger partial charge in [-0.3, -0.25) is 9.10 Å². The summed E-state index contributed by atoms with van der Waals surface area (Å²) in [6, 6.07) is 15.2. The van der Waals surface area contributed by atoms with Crippen LogP contribution in [0.3, 0.4) is 0 Å². The van der Waals surface area contributed by atoms with Crippen molar-refractivity contribution in [2.45, 2.75) is 30.5 Å². The highest BCUT2D eigenvalue weighted by Crippen LogP contribution is 2.37. The molecule has 2 aliphatic heterocycles. The predicted octanol–water partition coefficient (Wildman–Crippen LogP) is 4.48. The summed E-state index contributed by atoms with van der Waals surface area (Å²) < 4.78 is 78.9. The monoisotopic (exact) mass is 603 g/mol. The predicted molar refractivity (Wildman–Crippen MR) is 149 cm³/mol. The zero-order chi connectivity index (χ0) is 30.1. The minimum Gasteiger partial charge on any atom is -0.452 e. The second-order valence-electron chi connectivity index (χ2n) is 9.96. The Hall–Kier alpha value is -4.10. The van der Waals surface area contributed by atoms with E-state index in [-0.39, 0.29) is 22.2 Å². The van der Waals surface area contributed by atoms with Crippen molar-refractivity contribution in [2.24, 2.45) is 0 Å². The van der Waals surface area contributed by atoms with Gasteiger partial charge in [0.2, 0.25) is 0 Å². The number of halogens is 3. The van der Waals surface area contributed by atoms with Crippen LogP contribution in [0.25, 0.3) is 0 Å². The third kappa shape index (κ3) is 6.07. The molecule has 9 nitrogen and oxygen atoms in total. The molecule has 0 saturated carbocycles. The number of amides is 1. The third-order valence-electron chi connectivity index (χ3n) is 7.06. The zero-order valence-electron chi connectivity index (χ0n) is 22.6. The van der Waals surface area contributed by atoms with Gasteiger partial charge in [0.1, 0.15) is 0 Å². The van der Waals surface area contributed by atoms with Gasteiger partial charge in [-0.25, -0.2) is 13.2 Å². The molecule has 0 spiro atoms. The van der Waals surface area contributed by atoms with Crippen molar-refractivity contribution in [1.82, 2.24) is 0 Å². The highest BCUT2D eigenvalue weighted by Gasteiger charge is 2.36. The lowest BCUT2D eigenvalue weighted by Gasteiger charge is -2.31. The SMILES string of the molecule is C[C@@H]1Cc2ccccc2N1S(=O)(=O)c1cccc(C(=O)OCC(=O)Nc2cc(C(F)(F)F)ccc2N2CCOCC2)c1. The Morgan fingerprint density at radius 2 is 1.74 bits per heavy atom. The van der Waals surface area contributed by atoms with Crippen molar-refractivity contribution in [3.05, 3.63) is 83.4 Å². The van der Waals surface area contributed by atoms with Crippen LogP contribution in [0.15, 0.2) is 71.6 Å². The van der Waals surface area contributed by atoms with Gasteiger partial charge in [0.15, 0.2) is 6.61 Å². The number of carbonyl (C=O) groups is 2. The minimum absolute atomic E-state index is 0.0825. The first-order valence-corrected chi connectivity index (χ1v) is 14.6. The smallest absolute Gasteiger partial charge is 0.416 e. The Morgan fingerprint density at radius 1 is 1.00 bits per heavy atom. The van der Waals surface area contributed by atoms with Gasteiger partial charge in [0.05, 0.1) is 46.3 Å². The highest BCUT2D eigenvalue weighted by molar-refractivity contribution is 7.92. The number of alkyl halides is 3. The Kier molecular flexibility index (Phi) is 8.15. The van der Waals surface area contributed by atoms with Crippen LogP contribution in [0.4, 0.5) is 30.2 Å². The third-order valence-corrected chi connectivity index (χ3v) is 8.98. The summed E-state index contributed by atoms with van der Waals surface area (Å²) >= 11 is 0. The van der Waals surface area contributed by atoms with Gasteiger partial charge in [-0.2, -0.15) is 13.2 Å². The van der Waals surface area contributed by atoms with Crippen LogP contribution in [0.1, 0.15) is 28.4 Å². The van der Waals surface area contributed by atoms with Crippen LogP contribution in [0, 0.1) is 0 Å². The summed E-state index contributed by atoms with van der Waals surface area (Å²) in [6.07, 6.45) is -4.08. The number of hydrogen-bond donors (Lipinski definition) is 1. The van der Waals surface area contributed by atoms with Gasteiger partial charge in [-0.1, -0.05) is 24.3 Å². The van der Waals surface area contributed by atoms with Gasteiger partial charge >= 0.3 is 12.1 Å². The summed E-state index contributed by atoms with van der Waals surface area (Å²) in [7, 11) is -4.02. The number of nitrogens with one attached hydrogen (secondary N) is 1. The van der Waals surface area contributed by atoms with Gasteiger partial charge in [0.25, 0.3) is 15.9 Å². The van der Waals surface area contributed by atoms with Crippen molar-refractivity contribution in [2.75, 3.05) is 47.4 Å². The molecule has 3 aromatic rings. The van der Waals surface area contributed by atoms with E-state index in [4.69, 9.17) is 9.47 Å². The molecule has 3 aromatic carbocycles. The Morgan fingerprint density at radius 3 is 2.48 bits per heavy atom. The van der Waals surface area contributed by atoms with E-state index < -0.39 is 40.2 Å². The normalized spacial score (nSPS) is 17.1. The number of hydrogen-bond acceptors (Lipinski definition) is 7. The number of nitrogens with zero attached hydrogens (tertiary/aromatic N) is 2. The topological polar surface area (TPSA) is 105 Å². The standard InChI is InChI=1S/C29H28F3N3O6S/c1-19-15-20-5-2-3-8-25(20)35(19)42(38,39)23-7-4-6-21(16-23)28(37)41-18-27(36)33-24-17-22(29(30,31)32)9-10-26(24)34-11-13-40-14-12-34/h2-10,16-17,19H,11-15,18H2,1H3,(H,33,36)/t19-/m1/s1. The molecule has 1 atom stereocenters. The first-order valence-electron chi connectivity index (χ1n) is 13.2. The van der Waals surface area contributed by atoms with Crippen LogP contribution in [0.5, 0.6) is 0 Å². The molecule has 1 amide bonds. The molecule has 1 saturated heterocycles. The molecule has 0 unspecified atom stereocenters. The lowest BCUT2D eigenvalue weighted by Crippen LogP contribution is -2.37. The molecular weight excluding hydrogens is 575 g/mol. The number of para-hydroxylation sites is 1. The number of fused-ring (bicyclic) bond motifs is 1. The molecule has 2 heterocycles. The molecule has 0 radical (unpaired) electrons. The maximum atomic E-state index is 13.5. The number of anilines is 3. The van der Waals surface area contributed by atoms with Gasteiger partial charge in [-0.05, 0) is 61.4 Å². The van der Waals surface area contributed by atoms with Crippen molar-refractivity contribution in [3.8, 4) is 0 Å². The first kappa shape index (κ1) is 29.4. The largest absolute Gasteiger partial charge is 0.452 e. The fraction of sp³-hybridized carbons (Fsp3) is 0.310. The van der Waals surface area contributed by atoms with E-state index in [2.05, 4.69) is 5.32 Å². The van der Waals surface area contributed by atoms with E-state index in [1.165, 1.54) is 34.6 Å². The number of ether oxygens (including phenoxy) is 2. The molecule has 0 bridgehead atoms. The van der Waals surface area contributed by atoms with E-state index in [0.717, 1.165) is 17.7 Å². The lowest BCUT2D eigenvalue weighted by atomic mass is 10.1. The fourth-order valence-corrected chi connectivity index (χ4v) is 6.83. The van der Waals surface area contributed by atoms with Crippen molar-refractivity contribution < 1.29 is 40.7 Å². The summed E-state index contributed by atoms with van der Waals surface area (Å²) in [6.45, 7) is 2.59. The van der Waals surface area contributed by atoms with E-state index in [1.54, 1.807) is 24.0 Å². The molecular formula is C29H28F3N3O6S. The molecule has 0 aromatic heterocycles. The second-order valence-corrected chi connectivity index (χ2v) is 11.8. The summed E-state index contributed by atoms with van der Waals surface area (Å²) in [4.78, 5) is 27.1. The summed E-state index contributed by atoms with van der Waals surface area (Å²) in [5.41, 5.74) is 0.715. The number of esters is 1. The van der Waals surface area contributed by atoms with Gasteiger partial charge in [-0.15, -0.1) is 0 Å². The number of morpholine rings is 1. The average molecular weight is 604 g/mol. The van der Waals surface area contributed by atoms with Gasteiger partial charge < -0.3 is 19.7 Å². The Labute approximate surface area is 240 Å². The summed E-state index contributed by atoms with van der Waals surface area (Å²) in [5.74, 6) is -1.82. The van der Waals surface area contributed by atoms with Crippen molar-refractivity contribution in [3.63, 3.8) is 0 Å². The van der Waals surface area contributed by atoms with Crippen LogP contribution in [-0.4, -0.2) is 59.2 Å². The Bertz CT molecular complexity index is 1610. The average Bonchev–Trinajstić information content (AvgIpc) is 3.32. The molecule has 0 aliphatic carbocycles. The molecule has 5 rings (SSSR count). The molecule has 13 heteroatoms. The molecule has 42 heavy (non-hydrogen) atoms. The summed E-state index contributed by atoms with van der Waals surface area (Å²) in [5, 5.41) is 2.41. The van der Waals surface area contributed by atoms with E-state index in [1.807, 2.05) is 12.1 Å². The zero-order valence-corrected chi connectivity index (χ0v) is 23.4. The Balaban J connectivity index is 1.29. The van der Waals surface area contributed by atoms with Crippen LogP contribution >= 0.6 is 0 Å². The molecule has 1 fully saturated rings. The quantitative estimate of drug-likeness (QED) is 0.397. The van der Waals surface area contributed by atoms with E-state index >= 15 is 0 Å². The van der Waals surface area contributed by atoms with Crippen LogP contribution in [0.2, 0.25) is 0 Å². The van der Waals surface area contributed by atoms with E-state index in [0.29, 0.717) is 44.1 Å². The van der Waals surface area contributed by atoms with Crippen LogP contribution in [-0.2, 0) is 36.9 Å². The molecule has 222 valence electrons. The van der Waals surface area contributed by atoms with Crippen LogP contribution < -0.4 is 14.5 Å². The second kappa shape index (κ2) is 11.6. The van der Waals surface area contributed by atoms with E-state index in [9.17, 15) is 31.2 Å². The minimum atomic E-state index is -4.63. The fourth-order valence-electron chi connectivity index (χ4n) is 5.09.